The van der Waals surface area contributed by atoms with Gasteiger partial charge in [-0.05, 0) is 55.8 Å². The van der Waals surface area contributed by atoms with Crippen molar-refractivity contribution in [2.75, 3.05) is 0 Å². The highest BCUT2D eigenvalue weighted by atomic mass is 19.1. The zero-order valence-electron chi connectivity index (χ0n) is 17.9. The SMILES string of the molecule is Cc1noc(C)c1-c1cc(C(O)(c2ccc(F)cn2)c2c(F)cccc2F)c2[nH]c(=O)[nH]c2c1. The highest BCUT2D eigenvalue weighted by Crippen LogP contribution is 2.43. The number of imidazole rings is 1. The van der Waals surface area contributed by atoms with Gasteiger partial charge in [-0.3, -0.25) is 4.98 Å². The fourth-order valence-electron chi connectivity index (χ4n) is 4.30. The van der Waals surface area contributed by atoms with E-state index in [1.165, 1.54) is 6.07 Å². The Kier molecular flexibility index (Phi) is 4.90. The number of fused-ring (bicyclic) bond motifs is 1. The third-order valence-corrected chi connectivity index (χ3v) is 5.76. The van der Waals surface area contributed by atoms with Gasteiger partial charge in [0.15, 0.2) is 5.60 Å². The first-order valence-electron chi connectivity index (χ1n) is 10.2. The average molecular weight is 466 g/mol. The first kappa shape index (κ1) is 21.7. The lowest BCUT2D eigenvalue weighted by molar-refractivity contribution is 0.113. The van der Waals surface area contributed by atoms with Crippen LogP contribution in [0.3, 0.4) is 0 Å². The van der Waals surface area contributed by atoms with Crippen LogP contribution in [0.4, 0.5) is 13.2 Å². The minimum atomic E-state index is -2.55. The first-order chi connectivity index (χ1) is 16.2. The predicted molar refractivity (Wildman–Crippen MR) is 117 cm³/mol. The van der Waals surface area contributed by atoms with E-state index in [2.05, 4.69) is 20.1 Å². The van der Waals surface area contributed by atoms with Gasteiger partial charge in [0, 0.05) is 11.1 Å². The fourth-order valence-corrected chi connectivity index (χ4v) is 4.30. The van der Waals surface area contributed by atoms with Crippen molar-refractivity contribution in [3.05, 3.63) is 105 Å². The molecule has 2 aromatic carbocycles. The Morgan fingerprint density at radius 2 is 1.76 bits per heavy atom. The third kappa shape index (κ3) is 3.22. The number of benzene rings is 2. The number of halogens is 3. The number of hydrogen-bond acceptors (Lipinski definition) is 5. The standard InChI is InChI=1S/C24H17F3N4O3/c1-11-20(12(2)34-31-11)13-8-15(22-18(9-13)29-23(32)30-22)24(33,19-7-6-14(25)10-28-19)21-16(26)4-3-5-17(21)27/h3-10,33H,1-2H3,(H2,29,30,32). The Hall–Kier alpha value is -4.18. The zero-order valence-corrected chi connectivity index (χ0v) is 17.9. The monoisotopic (exact) mass is 466 g/mol. The molecule has 0 aliphatic rings. The van der Waals surface area contributed by atoms with Gasteiger partial charge in [0.05, 0.1) is 34.2 Å². The quantitative estimate of drug-likeness (QED) is 0.368. The molecule has 1 atom stereocenters. The van der Waals surface area contributed by atoms with Gasteiger partial charge >= 0.3 is 5.69 Å². The summed E-state index contributed by atoms with van der Waals surface area (Å²) in [6.07, 6.45) is 0.828. The summed E-state index contributed by atoms with van der Waals surface area (Å²) >= 11 is 0. The van der Waals surface area contributed by atoms with E-state index in [-0.39, 0.29) is 22.3 Å². The summed E-state index contributed by atoms with van der Waals surface area (Å²) in [6.45, 7) is 3.39. The fraction of sp³-hybridized carbons (Fsp3) is 0.125. The largest absolute Gasteiger partial charge is 0.374 e. The van der Waals surface area contributed by atoms with Gasteiger partial charge < -0.3 is 19.6 Å². The topological polar surface area (TPSA) is 108 Å². The molecular formula is C24H17F3N4O3. The Morgan fingerprint density at radius 1 is 1.03 bits per heavy atom. The highest BCUT2D eigenvalue weighted by Gasteiger charge is 2.42. The predicted octanol–water partition coefficient (Wildman–Crippen LogP) is 4.22. The number of hydrogen-bond donors (Lipinski definition) is 3. The number of rotatable bonds is 4. The lowest BCUT2D eigenvalue weighted by Crippen LogP contribution is -2.33. The van der Waals surface area contributed by atoms with Crippen molar-refractivity contribution in [1.82, 2.24) is 20.1 Å². The van der Waals surface area contributed by atoms with Crippen LogP contribution in [0, 0.1) is 31.3 Å². The Balaban J connectivity index is 1.94. The van der Waals surface area contributed by atoms with Gasteiger partial charge in [0.1, 0.15) is 23.2 Å². The highest BCUT2D eigenvalue weighted by molar-refractivity contribution is 5.87. The summed E-state index contributed by atoms with van der Waals surface area (Å²) in [5, 5.41) is 16.0. The number of aliphatic hydroxyl groups is 1. The van der Waals surface area contributed by atoms with Gasteiger partial charge in [0.25, 0.3) is 0 Å². The van der Waals surface area contributed by atoms with E-state index in [0.717, 1.165) is 36.5 Å². The normalized spacial score (nSPS) is 13.4. The summed E-state index contributed by atoms with van der Waals surface area (Å²) in [7, 11) is 0. The smallest absolute Gasteiger partial charge is 0.323 e. The maximum atomic E-state index is 15.1. The van der Waals surface area contributed by atoms with Crippen molar-refractivity contribution in [2.45, 2.75) is 19.4 Å². The van der Waals surface area contributed by atoms with Gasteiger partial charge in [0.2, 0.25) is 0 Å². The lowest BCUT2D eigenvalue weighted by atomic mass is 9.80. The molecule has 3 N–H and O–H groups in total. The van der Waals surface area contributed by atoms with Crippen LogP contribution in [-0.2, 0) is 5.60 Å². The molecule has 0 saturated heterocycles. The van der Waals surface area contributed by atoms with Gasteiger partial charge in [-0.25, -0.2) is 18.0 Å². The second-order valence-corrected chi connectivity index (χ2v) is 7.89. The van der Waals surface area contributed by atoms with E-state index in [0.29, 0.717) is 22.6 Å². The van der Waals surface area contributed by atoms with E-state index in [4.69, 9.17) is 4.52 Å². The van der Waals surface area contributed by atoms with E-state index >= 15 is 8.78 Å². The van der Waals surface area contributed by atoms with Crippen LogP contribution in [-0.4, -0.2) is 25.2 Å². The minimum Gasteiger partial charge on any atom is -0.374 e. The Morgan fingerprint density at radius 3 is 2.38 bits per heavy atom. The second kappa shape index (κ2) is 7.70. The average Bonchev–Trinajstić information content (AvgIpc) is 3.33. The van der Waals surface area contributed by atoms with Gasteiger partial charge in [-0.1, -0.05) is 11.2 Å². The van der Waals surface area contributed by atoms with Crippen LogP contribution >= 0.6 is 0 Å². The molecule has 10 heteroatoms. The third-order valence-electron chi connectivity index (χ3n) is 5.76. The van der Waals surface area contributed by atoms with Gasteiger partial charge in [-0.2, -0.15) is 0 Å². The molecule has 0 amide bonds. The second-order valence-electron chi connectivity index (χ2n) is 7.89. The molecule has 0 spiro atoms. The summed E-state index contributed by atoms with van der Waals surface area (Å²) in [5.41, 5.74) is -2.29. The summed E-state index contributed by atoms with van der Waals surface area (Å²) in [5.74, 6) is -2.35. The van der Waals surface area contributed by atoms with Crippen molar-refractivity contribution in [3.63, 3.8) is 0 Å². The maximum Gasteiger partial charge on any atom is 0.323 e. The molecule has 5 rings (SSSR count). The van der Waals surface area contributed by atoms with Crippen molar-refractivity contribution in [3.8, 4) is 11.1 Å². The van der Waals surface area contributed by atoms with Crippen LogP contribution in [0.1, 0.15) is 28.3 Å². The van der Waals surface area contributed by atoms with Crippen LogP contribution in [0.2, 0.25) is 0 Å². The van der Waals surface area contributed by atoms with Crippen molar-refractivity contribution >= 4 is 11.0 Å². The Bertz CT molecular complexity index is 1560. The lowest BCUT2D eigenvalue weighted by Gasteiger charge is -2.30. The molecule has 0 radical (unpaired) electrons. The van der Waals surface area contributed by atoms with Crippen LogP contribution in [0.25, 0.3) is 22.2 Å². The number of aromatic amines is 2. The zero-order chi connectivity index (χ0) is 24.2. The molecule has 3 heterocycles. The van der Waals surface area contributed by atoms with Crippen LogP contribution in [0.5, 0.6) is 0 Å². The molecule has 1 unspecified atom stereocenters. The van der Waals surface area contributed by atoms with E-state index in [1.54, 1.807) is 19.9 Å². The molecule has 5 aromatic rings. The summed E-state index contributed by atoms with van der Waals surface area (Å²) < 4.78 is 49.1. The maximum absolute atomic E-state index is 15.1. The molecule has 0 saturated carbocycles. The molecule has 0 fully saturated rings. The molecular weight excluding hydrogens is 449 g/mol. The Labute approximate surface area is 189 Å². The number of nitrogens with zero attached hydrogens (tertiary/aromatic N) is 2. The van der Waals surface area contributed by atoms with Crippen LogP contribution in [0.15, 0.2) is 58.0 Å². The summed E-state index contributed by atoms with van der Waals surface area (Å²) in [4.78, 5) is 21.3. The van der Waals surface area contributed by atoms with Gasteiger partial charge in [-0.15, -0.1) is 0 Å². The first-order valence-corrected chi connectivity index (χ1v) is 10.2. The molecule has 0 aliphatic carbocycles. The van der Waals surface area contributed by atoms with Crippen molar-refractivity contribution in [1.29, 1.82) is 0 Å². The van der Waals surface area contributed by atoms with E-state index in [1.807, 2.05) is 0 Å². The number of pyridine rings is 1. The molecule has 3 aromatic heterocycles. The molecule has 172 valence electrons. The number of nitrogens with one attached hydrogen (secondary N) is 2. The molecule has 34 heavy (non-hydrogen) atoms. The van der Waals surface area contributed by atoms with Crippen molar-refractivity contribution in [2.24, 2.45) is 0 Å². The van der Waals surface area contributed by atoms with Crippen molar-refractivity contribution < 1.29 is 22.8 Å². The molecule has 0 bridgehead atoms. The number of aryl methyl sites for hydroxylation is 2. The molecule has 7 nitrogen and oxygen atoms in total. The minimum absolute atomic E-state index is 0.0820. The van der Waals surface area contributed by atoms with E-state index < -0.39 is 34.3 Å². The summed E-state index contributed by atoms with van der Waals surface area (Å²) in [6, 6.07) is 8.36. The molecule has 0 aliphatic heterocycles. The van der Waals surface area contributed by atoms with Crippen LogP contribution < -0.4 is 5.69 Å². The van der Waals surface area contributed by atoms with E-state index in [9.17, 15) is 14.3 Å². The number of H-pyrrole nitrogens is 2. The number of aromatic nitrogens is 4.